The average Bonchev–Trinajstić information content (AvgIpc) is 3.29. The highest BCUT2D eigenvalue weighted by Gasteiger charge is 2.35. The Morgan fingerprint density at radius 2 is 1.85 bits per heavy atom. The van der Waals surface area contributed by atoms with Crippen LogP contribution >= 0.6 is 11.6 Å². The van der Waals surface area contributed by atoms with Crippen molar-refractivity contribution in [3.8, 4) is 0 Å². The fraction of sp³-hybridized carbons (Fsp3) is 0.158. The SMILES string of the molecule is O=C(Nc1nnc(C2CC(=O)N(c3ccccc3)C2)o1)c1ccc(Cl)cc1. The van der Waals surface area contributed by atoms with Gasteiger partial charge in [0.25, 0.3) is 5.91 Å². The van der Waals surface area contributed by atoms with Crippen LogP contribution in [0.3, 0.4) is 0 Å². The van der Waals surface area contributed by atoms with Crippen LogP contribution in [0.25, 0.3) is 0 Å². The normalized spacial score (nSPS) is 16.6. The van der Waals surface area contributed by atoms with Gasteiger partial charge in [-0.2, -0.15) is 0 Å². The van der Waals surface area contributed by atoms with Crippen LogP contribution in [0.4, 0.5) is 11.7 Å². The van der Waals surface area contributed by atoms with Crippen molar-refractivity contribution in [2.75, 3.05) is 16.8 Å². The molecule has 27 heavy (non-hydrogen) atoms. The van der Waals surface area contributed by atoms with E-state index in [1.54, 1.807) is 29.2 Å². The first-order valence-electron chi connectivity index (χ1n) is 8.36. The van der Waals surface area contributed by atoms with Crippen molar-refractivity contribution in [2.45, 2.75) is 12.3 Å². The van der Waals surface area contributed by atoms with E-state index in [0.29, 0.717) is 23.0 Å². The van der Waals surface area contributed by atoms with Crippen molar-refractivity contribution in [2.24, 2.45) is 0 Å². The second kappa shape index (κ2) is 7.20. The molecule has 1 aliphatic rings. The molecule has 1 N–H and O–H groups in total. The van der Waals surface area contributed by atoms with Gasteiger partial charge in [-0.25, -0.2) is 0 Å². The fourth-order valence-electron chi connectivity index (χ4n) is 2.95. The van der Waals surface area contributed by atoms with Crippen molar-refractivity contribution < 1.29 is 14.0 Å². The Morgan fingerprint density at radius 3 is 2.59 bits per heavy atom. The van der Waals surface area contributed by atoms with E-state index in [1.807, 2.05) is 30.3 Å². The minimum absolute atomic E-state index is 0.00356. The maximum atomic E-state index is 12.3. The Morgan fingerprint density at radius 1 is 1.11 bits per heavy atom. The van der Waals surface area contributed by atoms with Crippen LogP contribution in [0.15, 0.2) is 59.0 Å². The highest BCUT2D eigenvalue weighted by molar-refractivity contribution is 6.30. The topological polar surface area (TPSA) is 88.3 Å². The molecule has 3 aromatic rings. The number of rotatable bonds is 4. The Bertz CT molecular complexity index is 972. The molecule has 4 rings (SSSR count). The molecule has 1 aromatic heterocycles. The van der Waals surface area contributed by atoms with Crippen LogP contribution < -0.4 is 10.2 Å². The standard InChI is InChI=1S/C19H15ClN4O3/c20-14-8-6-12(7-9-14)17(26)21-19-23-22-18(27-19)13-10-16(25)24(11-13)15-4-2-1-3-5-15/h1-9,13H,10-11H2,(H,21,23,26). The van der Waals surface area contributed by atoms with Gasteiger partial charge in [0.1, 0.15) is 0 Å². The molecular weight excluding hydrogens is 368 g/mol. The lowest BCUT2D eigenvalue weighted by Crippen LogP contribution is -2.24. The Balaban J connectivity index is 1.44. The summed E-state index contributed by atoms with van der Waals surface area (Å²) in [4.78, 5) is 26.2. The van der Waals surface area contributed by atoms with E-state index < -0.39 is 0 Å². The molecule has 8 heteroatoms. The molecule has 1 saturated heterocycles. The Kier molecular flexibility index (Phi) is 4.60. The molecule has 2 aromatic carbocycles. The van der Waals surface area contributed by atoms with Crippen molar-refractivity contribution in [3.05, 3.63) is 71.1 Å². The van der Waals surface area contributed by atoms with E-state index in [2.05, 4.69) is 15.5 Å². The van der Waals surface area contributed by atoms with Gasteiger partial charge < -0.3 is 9.32 Å². The maximum absolute atomic E-state index is 12.3. The summed E-state index contributed by atoms with van der Waals surface area (Å²) < 4.78 is 5.56. The summed E-state index contributed by atoms with van der Waals surface area (Å²) in [6.07, 6.45) is 0.279. The van der Waals surface area contributed by atoms with Crippen LogP contribution in [0.1, 0.15) is 28.6 Å². The number of nitrogens with one attached hydrogen (secondary N) is 1. The molecule has 7 nitrogen and oxygen atoms in total. The molecule has 0 radical (unpaired) electrons. The van der Waals surface area contributed by atoms with Gasteiger partial charge in [0.2, 0.25) is 11.8 Å². The monoisotopic (exact) mass is 382 g/mol. The summed E-state index contributed by atoms with van der Waals surface area (Å²) in [6, 6.07) is 15.9. The molecule has 136 valence electrons. The average molecular weight is 383 g/mol. The zero-order valence-electron chi connectivity index (χ0n) is 14.1. The first kappa shape index (κ1) is 17.2. The highest BCUT2D eigenvalue weighted by atomic mass is 35.5. The maximum Gasteiger partial charge on any atom is 0.322 e. The van der Waals surface area contributed by atoms with Crippen LogP contribution in [-0.4, -0.2) is 28.6 Å². The molecule has 1 fully saturated rings. The number of carbonyl (C=O) groups excluding carboxylic acids is 2. The summed E-state index contributed by atoms with van der Waals surface area (Å²) in [5.74, 6) is -0.272. The van der Waals surface area contributed by atoms with Crippen molar-refractivity contribution in [3.63, 3.8) is 0 Å². The van der Waals surface area contributed by atoms with Crippen LogP contribution in [0.2, 0.25) is 5.02 Å². The van der Waals surface area contributed by atoms with Gasteiger partial charge in [-0.3, -0.25) is 14.9 Å². The number of nitrogens with zero attached hydrogens (tertiary/aromatic N) is 3. The largest absolute Gasteiger partial charge is 0.407 e. The molecule has 2 amide bonds. The van der Waals surface area contributed by atoms with Gasteiger partial charge in [0.05, 0.1) is 5.92 Å². The van der Waals surface area contributed by atoms with E-state index in [-0.39, 0.29) is 30.2 Å². The lowest BCUT2D eigenvalue weighted by Gasteiger charge is -2.15. The van der Waals surface area contributed by atoms with Crippen molar-refractivity contribution in [1.29, 1.82) is 0 Å². The summed E-state index contributed by atoms with van der Waals surface area (Å²) in [5, 5.41) is 10.9. The van der Waals surface area contributed by atoms with Crippen LogP contribution in [0, 0.1) is 0 Å². The summed E-state index contributed by atoms with van der Waals surface area (Å²) in [5.41, 5.74) is 1.26. The summed E-state index contributed by atoms with van der Waals surface area (Å²) in [7, 11) is 0. The van der Waals surface area contributed by atoms with Gasteiger partial charge >= 0.3 is 6.01 Å². The molecule has 0 saturated carbocycles. The number of para-hydroxylation sites is 1. The summed E-state index contributed by atoms with van der Waals surface area (Å²) in [6.45, 7) is 0.454. The highest BCUT2D eigenvalue weighted by Crippen LogP contribution is 2.31. The molecule has 1 unspecified atom stereocenters. The molecular formula is C19H15ClN4O3. The lowest BCUT2D eigenvalue weighted by atomic mass is 10.1. The van der Waals surface area contributed by atoms with E-state index in [0.717, 1.165) is 5.69 Å². The third-order valence-corrected chi connectivity index (χ3v) is 4.56. The zero-order chi connectivity index (χ0) is 18.8. The molecule has 0 spiro atoms. The minimum Gasteiger partial charge on any atom is -0.407 e. The molecule has 0 bridgehead atoms. The van der Waals surface area contributed by atoms with Gasteiger partial charge in [-0.1, -0.05) is 34.9 Å². The predicted molar refractivity (Wildman–Crippen MR) is 99.9 cm³/mol. The fourth-order valence-corrected chi connectivity index (χ4v) is 3.08. The minimum atomic E-state index is -0.379. The third-order valence-electron chi connectivity index (χ3n) is 4.31. The Labute approximate surface area is 160 Å². The second-order valence-corrected chi connectivity index (χ2v) is 6.58. The molecule has 1 atom stereocenters. The predicted octanol–water partition coefficient (Wildman–Crippen LogP) is 3.50. The van der Waals surface area contributed by atoms with Gasteiger partial charge in [0, 0.05) is 29.2 Å². The number of carbonyl (C=O) groups is 2. The van der Waals surface area contributed by atoms with E-state index in [9.17, 15) is 9.59 Å². The number of hydrogen-bond acceptors (Lipinski definition) is 5. The molecule has 2 heterocycles. The van der Waals surface area contributed by atoms with Gasteiger partial charge in [0.15, 0.2) is 0 Å². The van der Waals surface area contributed by atoms with Gasteiger partial charge in [-0.15, -0.1) is 5.10 Å². The quantitative estimate of drug-likeness (QED) is 0.746. The van der Waals surface area contributed by atoms with Crippen LogP contribution in [0.5, 0.6) is 0 Å². The van der Waals surface area contributed by atoms with E-state index >= 15 is 0 Å². The van der Waals surface area contributed by atoms with Crippen LogP contribution in [-0.2, 0) is 4.79 Å². The lowest BCUT2D eigenvalue weighted by molar-refractivity contribution is -0.117. The number of aromatic nitrogens is 2. The van der Waals surface area contributed by atoms with E-state index in [4.69, 9.17) is 16.0 Å². The number of hydrogen-bond donors (Lipinski definition) is 1. The van der Waals surface area contributed by atoms with Crippen molar-refractivity contribution >= 4 is 35.1 Å². The summed E-state index contributed by atoms with van der Waals surface area (Å²) >= 11 is 5.82. The smallest absolute Gasteiger partial charge is 0.322 e. The number of benzene rings is 2. The number of amides is 2. The molecule has 1 aliphatic heterocycles. The van der Waals surface area contributed by atoms with Crippen molar-refractivity contribution in [1.82, 2.24) is 10.2 Å². The van der Waals surface area contributed by atoms with E-state index in [1.165, 1.54) is 0 Å². The van der Waals surface area contributed by atoms with Gasteiger partial charge in [-0.05, 0) is 36.4 Å². The second-order valence-electron chi connectivity index (χ2n) is 6.15. The first-order chi connectivity index (χ1) is 13.1. The number of halogens is 1. The first-order valence-corrected chi connectivity index (χ1v) is 8.73. The number of anilines is 2. The zero-order valence-corrected chi connectivity index (χ0v) is 14.9. The third kappa shape index (κ3) is 3.68. The Hall–Kier alpha value is -3.19. The molecule has 0 aliphatic carbocycles.